The molecule has 98 valence electrons. The fourth-order valence-corrected chi connectivity index (χ4v) is 2.28. The summed E-state index contributed by atoms with van der Waals surface area (Å²) >= 11 is 0. The van der Waals surface area contributed by atoms with Gasteiger partial charge in [-0.25, -0.2) is 0 Å². The number of hydrogen-bond acceptors (Lipinski definition) is 3. The van der Waals surface area contributed by atoms with Gasteiger partial charge in [-0.3, -0.25) is 4.79 Å². The summed E-state index contributed by atoms with van der Waals surface area (Å²) < 4.78 is 0. The number of nitriles is 2. The van der Waals surface area contributed by atoms with Gasteiger partial charge in [0.1, 0.15) is 17.7 Å². The van der Waals surface area contributed by atoms with E-state index in [-0.39, 0.29) is 16.8 Å². The molecule has 20 heavy (non-hydrogen) atoms. The number of ketones is 1. The maximum atomic E-state index is 12.5. The zero-order valence-electron chi connectivity index (χ0n) is 11.7. The van der Waals surface area contributed by atoms with Gasteiger partial charge in [-0.1, -0.05) is 51.1 Å². The molecule has 0 radical (unpaired) electrons. The van der Waals surface area contributed by atoms with Crippen molar-refractivity contribution in [3.63, 3.8) is 0 Å². The molecule has 0 saturated carbocycles. The van der Waals surface area contributed by atoms with E-state index in [0.717, 1.165) is 0 Å². The van der Waals surface area contributed by atoms with Crippen LogP contribution in [0.5, 0.6) is 0 Å². The van der Waals surface area contributed by atoms with Crippen LogP contribution in [0.3, 0.4) is 0 Å². The van der Waals surface area contributed by atoms with E-state index in [1.807, 2.05) is 39.0 Å². The Hall–Kier alpha value is -2.65. The summed E-state index contributed by atoms with van der Waals surface area (Å²) in [6.07, 6.45) is 1.83. The number of carbonyl (C=O) groups excluding carboxylic acids is 1. The molecule has 1 aromatic rings. The molecule has 2 rings (SSSR count). The predicted molar refractivity (Wildman–Crippen MR) is 76.5 cm³/mol. The van der Waals surface area contributed by atoms with E-state index >= 15 is 0 Å². The molecule has 3 nitrogen and oxygen atoms in total. The minimum Gasteiger partial charge on any atom is -0.289 e. The Kier molecular flexibility index (Phi) is 3.30. The SMILES string of the molecule is CC(C)(C)/C=C1\C(=O)c2ccccc2C1=C(C#N)C#N. The molecule has 1 aliphatic rings. The maximum Gasteiger partial charge on any atom is 0.194 e. The van der Waals surface area contributed by atoms with Crippen LogP contribution in [-0.4, -0.2) is 5.78 Å². The molecule has 0 fully saturated rings. The predicted octanol–water partition coefficient (Wildman–Crippen LogP) is 3.66. The lowest BCUT2D eigenvalue weighted by Crippen LogP contribution is -2.05. The lowest BCUT2D eigenvalue weighted by molar-refractivity contribution is 0.104. The van der Waals surface area contributed by atoms with Crippen molar-refractivity contribution in [1.82, 2.24) is 0 Å². The van der Waals surface area contributed by atoms with Crippen molar-refractivity contribution in [2.75, 3.05) is 0 Å². The number of nitrogens with zero attached hydrogens (tertiary/aromatic N) is 2. The number of rotatable bonds is 0. The standard InChI is InChI=1S/C17H14N2O/c1-17(2,3)8-14-15(11(9-18)10-19)12-6-4-5-7-13(12)16(14)20/h4-8H,1-3H3/b14-8-. The third kappa shape index (κ3) is 2.27. The molecule has 0 spiro atoms. The summed E-state index contributed by atoms with van der Waals surface area (Å²) in [5.41, 5.74) is 1.92. The molecule has 0 atom stereocenters. The summed E-state index contributed by atoms with van der Waals surface area (Å²) in [6, 6.07) is 10.9. The van der Waals surface area contributed by atoms with Crippen molar-refractivity contribution in [3.05, 3.63) is 52.6 Å². The summed E-state index contributed by atoms with van der Waals surface area (Å²) in [7, 11) is 0. The van der Waals surface area contributed by atoms with Crippen LogP contribution >= 0.6 is 0 Å². The van der Waals surface area contributed by atoms with Crippen LogP contribution in [0.25, 0.3) is 5.57 Å². The molecule has 0 heterocycles. The largest absolute Gasteiger partial charge is 0.289 e. The number of Topliss-reactive ketones (excluding diaryl/α,β-unsaturated/α-hetero) is 1. The summed E-state index contributed by atoms with van der Waals surface area (Å²) in [5.74, 6) is -0.117. The van der Waals surface area contributed by atoms with Gasteiger partial charge in [0.25, 0.3) is 0 Å². The van der Waals surface area contributed by atoms with E-state index in [1.165, 1.54) is 0 Å². The van der Waals surface area contributed by atoms with E-state index < -0.39 is 0 Å². The monoisotopic (exact) mass is 262 g/mol. The average Bonchev–Trinajstić information content (AvgIpc) is 2.65. The van der Waals surface area contributed by atoms with Gasteiger partial charge in [0.15, 0.2) is 5.78 Å². The Morgan fingerprint density at radius 2 is 1.65 bits per heavy atom. The van der Waals surface area contributed by atoms with Gasteiger partial charge in [-0.2, -0.15) is 10.5 Å². The molecule has 0 saturated heterocycles. The van der Waals surface area contributed by atoms with Crippen LogP contribution in [-0.2, 0) is 0 Å². The van der Waals surface area contributed by atoms with Crippen molar-refractivity contribution in [1.29, 1.82) is 10.5 Å². The highest BCUT2D eigenvalue weighted by atomic mass is 16.1. The van der Waals surface area contributed by atoms with Crippen LogP contribution in [0.2, 0.25) is 0 Å². The minimum absolute atomic E-state index is 0.0150. The molecule has 0 amide bonds. The van der Waals surface area contributed by atoms with Gasteiger partial charge >= 0.3 is 0 Å². The first kappa shape index (κ1) is 13.8. The van der Waals surface area contributed by atoms with Crippen LogP contribution in [0.4, 0.5) is 0 Å². The molecule has 1 aromatic carbocycles. The highest BCUT2D eigenvalue weighted by molar-refractivity contribution is 6.27. The maximum absolute atomic E-state index is 12.5. The van der Waals surface area contributed by atoms with Crippen LogP contribution < -0.4 is 0 Å². The molecule has 0 bridgehead atoms. The van der Waals surface area contributed by atoms with E-state index in [9.17, 15) is 4.79 Å². The Bertz CT molecular complexity index is 715. The first-order chi connectivity index (χ1) is 9.39. The quantitative estimate of drug-likeness (QED) is 0.529. The second-order valence-electron chi connectivity index (χ2n) is 5.77. The van der Waals surface area contributed by atoms with Gasteiger partial charge < -0.3 is 0 Å². The molecule has 0 aliphatic heterocycles. The van der Waals surface area contributed by atoms with E-state index in [0.29, 0.717) is 22.3 Å². The third-order valence-electron chi connectivity index (χ3n) is 3.01. The fourth-order valence-electron chi connectivity index (χ4n) is 2.28. The van der Waals surface area contributed by atoms with E-state index in [4.69, 9.17) is 10.5 Å². The average molecular weight is 262 g/mol. The van der Waals surface area contributed by atoms with Crippen molar-refractivity contribution >= 4 is 11.4 Å². The second kappa shape index (κ2) is 4.79. The van der Waals surface area contributed by atoms with Gasteiger partial charge in [0, 0.05) is 16.7 Å². The lowest BCUT2D eigenvalue weighted by Gasteiger charge is -2.14. The fraction of sp³-hybridized carbons (Fsp3) is 0.235. The number of carbonyl (C=O) groups is 1. The number of fused-ring (bicyclic) bond motifs is 1. The van der Waals surface area contributed by atoms with Crippen molar-refractivity contribution < 1.29 is 4.79 Å². The molecule has 3 heteroatoms. The molecule has 1 aliphatic carbocycles. The zero-order chi connectivity index (χ0) is 14.9. The topological polar surface area (TPSA) is 64.7 Å². The Morgan fingerprint density at radius 1 is 1.10 bits per heavy atom. The van der Waals surface area contributed by atoms with E-state index in [1.54, 1.807) is 24.3 Å². The molecule has 0 N–H and O–H groups in total. The number of benzene rings is 1. The van der Waals surface area contributed by atoms with Gasteiger partial charge in [-0.05, 0) is 11.0 Å². The smallest absolute Gasteiger partial charge is 0.194 e. The summed E-state index contributed by atoms with van der Waals surface area (Å²) in [5, 5.41) is 18.3. The first-order valence-corrected chi connectivity index (χ1v) is 6.31. The van der Waals surface area contributed by atoms with Crippen molar-refractivity contribution in [2.24, 2.45) is 5.41 Å². The summed E-state index contributed by atoms with van der Waals surface area (Å²) in [6.45, 7) is 5.94. The van der Waals surface area contributed by atoms with Crippen LogP contribution in [0.1, 0.15) is 36.7 Å². The third-order valence-corrected chi connectivity index (χ3v) is 3.01. The molecular formula is C17H14N2O. The molecular weight excluding hydrogens is 248 g/mol. The van der Waals surface area contributed by atoms with Gasteiger partial charge in [0.2, 0.25) is 0 Å². The van der Waals surface area contributed by atoms with Crippen molar-refractivity contribution in [3.8, 4) is 12.1 Å². The van der Waals surface area contributed by atoms with Crippen molar-refractivity contribution in [2.45, 2.75) is 20.8 Å². The Morgan fingerprint density at radius 3 is 2.15 bits per heavy atom. The minimum atomic E-state index is -0.214. The van der Waals surface area contributed by atoms with Gasteiger partial charge in [-0.15, -0.1) is 0 Å². The Balaban J connectivity index is 2.83. The van der Waals surface area contributed by atoms with Gasteiger partial charge in [0.05, 0.1) is 0 Å². The number of hydrogen-bond donors (Lipinski definition) is 0. The van der Waals surface area contributed by atoms with Crippen LogP contribution in [0, 0.1) is 28.1 Å². The number of allylic oxidation sites excluding steroid dienone is 4. The molecule has 0 unspecified atom stereocenters. The Labute approximate surface area is 118 Å². The van der Waals surface area contributed by atoms with E-state index in [2.05, 4.69) is 0 Å². The highest BCUT2D eigenvalue weighted by Gasteiger charge is 2.33. The second-order valence-corrected chi connectivity index (χ2v) is 5.77. The lowest BCUT2D eigenvalue weighted by atomic mass is 9.89. The summed E-state index contributed by atoms with van der Waals surface area (Å²) in [4.78, 5) is 12.5. The molecule has 0 aromatic heterocycles. The first-order valence-electron chi connectivity index (χ1n) is 6.31. The van der Waals surface area contributed by atoms with Crippen LogP contribution in [0.15, 0.2) is 41.5 Å². The normalized spacial score (nSPS) is 15.8. The zero-order valence-corrected chi connectivity index (χ0v) is 11.7. The highest BCUT2D eigenvalue weighted by Crippen LogP contribution is 2.40.